The Morgan fingerprint density at radius 3 is 2.69 bits per heavy atom. The predicted octanol–water partition coefficient (Wildman–Crippen LogP) is 4.22. The van der Waals surface area contributed by atoms with Crippen LogP contribution >= 0.6 is 0 Å². The van der Waals surface area contributed by atoms with Crippen LogP contribution in [0.5, 0.6) is 5.75 Å². The van der Waals surface area contributed by atoms with Gasteiger partial charge in [0.05, 0.1) is 18.7 Å². The SMILES string of the molecule is COc1ccc(C#N)cc1C1=CCC(c2[nH]c(=O)[nH]c(=O)c2CC2C=CC=CC2C)CC1. The Labute approximate surface area is 187 Å². The fourth-order valence-electron chi connectivity index (χ4n) is 4.70. The number of ether oxygens (including phenoxy) is 1. The minimum atomic E-state index is -0.459. The Bertz CT molecular complexity index is 1260. The van der Waals surface area contributed by atoms with E-state index in [0.717, 1.165) is 35.4 Å². The quantitative estimate of drug-likeness (QED) is 0.743. The lowest BCUT2D eigenvalue weighted by atomic mass is 9.80. The van der Waals surface area contributed by atoms with Crippen molar-refractivity contribution in [3.05, 3.63) is 91.8 Å². The van der Waals surface area contributed by atoms with E-state index in [0.29, 0.717) is 29.9 Å². The molecule has 0 saturated heterocycles. The molecule has 4 rings (SSSR count). The summed E-state index contributed by atoms with van der Waals surface area (Å²) in [6.45, 7) is 2.14. The van der Waals surface area contributed by atoms with Gasteiger partial charge in [-0.05, 0) is 61.3 Å². The Hall–Kier alpha value is -3.59. The summed E-state index contributed by atoms with van der Waals surface area (Å²) in [7, 11) is 1.63. The Morgan fingerprint density at radius 1 is 1.19 bits per heavy atom. The number of allylic oxidation sites excluding steroid dienone is 6. The molecule has 3 atom stereocenters. The van der Waals surface area contributed by atoms with Gasteiger partial charge in [-0.1, -0.05) is 37.3 Å². The van der Waals surface area contributed by atoms with Gasteiger partial charge < -0.3 is 9.72 Å². The van der Waals surface area contributed by atoms with Gasteiger partial charge in [-0.25, -0.2) is 4.79 Å². The molecule has 0 saturated carbocycles. The Balaban J connectivity index is 1.64. The summed E-state index contributed by atoms with van der Waals surface area (Å²) in [5.41, 5.74) is 3.31. The number of nitrogens with zero attached hydrogens (tertiary/aromatic N) is 1. The van der Waals surface area contributed by atoms with Crippen molar-refractivity contribution in [2.24, 2.45) is 11.8 Å². The first-order valence-electron chi connectivity index (χ1n) is 11.0. The zero-order valence-electron chi connectivity index (χ0n) is 18.4. The molecule has 2 aliphatic carbocycles. The molecule has 32 heavy (non-hydrogen) atoms. The highest BCUT2D eigenvalue weighted by atomic mass is 16.5. The predicted molar refractivity (Wildman–Crippen MR) is 125 cm³/mol. The molecule has 3 unspecified atom stereocenters. The van der Waals surface area contributed by atoms with Crippen LogP contribution in [-0.4, -0.2) is 17.1 Å². The summed E-state index contributed by atoms with van der Waals surface area (Å²) >= 11 is 0. The minimum Gasteiger partial charge on any atom is -0.496 e. The molecule has 1 aromatic heterocycles. The molecule has 164 valence electrons. The third-order valence-corrected chi connectivity index (χ3v) is 6.57. The second-order valence-corrected chi connectivity index (χ2v) is 8.52. The molecule has 2 aromatic rings. The van der Waals surface area contributed by atoms with Crippen molar-refractivity contribution in [2.75, 3.05) is 7.11 Å². The van der Waals surface area contributed by atoms with Crippen molar-refractivity contribution in [1.29, 1.82) is 5.26 Å². The van der Waals surface area contributed by atoms with Crippen molar-refractivity contribution >= 4 is 5.57 Å². The average Bonchev–Trinajstić information content (AvgIpc) is 2.81. The van der Waals surface area contributed by atoms with E-state index in [1.54, 1.807) is 13.2 Å². The lowest BCUT2D eigenvalue weighted by molar-refractivity contribution is 0.413. The molecule has 0 amide bonds. The first kappa shape index (κ1) is 21.6. The molecule has 0 bridgehead atoms. The van der Waals surface area contributed by atoms with Gasteiger partial charge in [-0.3, -0.25) is 9.78 Å². The standard InChI is InChI=1S/C26H27N3O3/c1-16-5-3-4-6-20(16)14-22-24(28-26(31)29-25(22)30)19-10-8-18(9-11-19)21-13-17(15-27)7-12-23(21)32-2/h3-8,12-13,16,19-20H,9-11,14H2,1-2H3,(H2,28,29,30,31). The van der Waals surface area contributed by atoms with Gasteiger partial charge in [0.2, 0.25) is 0 Å². The molecule has 2 aliphatic rings. The second-order valence-electron chi connectivity index (χ2n) is 8.52. The summed E-state index contributed by atoms with van der Waals surface area (Å²) < 4.78 is 5.50. The molecule has 0 spiro atoms. The first-order valence-corrected chi connectivity index (χ1v) is 11.0. The number of nitriles is 1. The van der Waals surface area contributed by atoms with E-state index in [2.05, 4.69) is 41.2 Å². The molecule has 0 radical (unpaired) electrons. The van der Waals surface area contributed by atoms with E-state index in [1.807, 2.05) is 24.3 Å². The van der Waals surface area contributed by atoms with E-state index < -0.39 is 5.69 Å². The van der Waals surface area contributed by atoms with Gasteiger partial charge in [0.1, 0.15) is 5.75 Å². The fourth-order valence-corrected chi connectivity index (χ4v) is 4.70. The van der Waals surface area contributed by atoms with Gasteiger partial charge in [0.15, 0.2) is 0 Å². The van der Waals surface area contributed by atoms with Gasteiger partial charge in [-0.2, -0.15) is 5.26 Å². The second kappa shape index (κ2) is 9.27. The number of aromatic nitrogens is 2. The van der Waals surface area contributed by atoms with Crippen molar-refractivity contribution < 1.29 is 4.74 Å². The summed E-state index contributed by atoms with van der Waals surface area (Å²) in [5, 5.41) is 9.26. The molecule has 1 aromatic carbocycles. The van der Waals surface area contributed by atoms with Gasteiger partial charge in [-0.15, -0.1) is 0 Å². The third kappa shape index (κ3) is 4.38. The van der Waals surface area contributed by atoms with Gasteiger partial charge in [0.25, 0.3) is 5.56 Å². The highest BCUT2D eigenvalue weighted by Crippen LogP contribution is 2.39. The number of H-pyrrole nitrogens is 2. The Morgan fingerprint density at radius 2 is 2.00 bits per heavy atom. The van der Waals surface area contributed by atoms with E-state index in [9.17, 15) is 14.9 Å². The molecule has 0 aliphatic heterocycles. The van der Waals surface area contributed by atoms with Gasteiger partial charge in [0, 0.05) is 22.7 Å². The van der Waals surface area contributed by atoms with Crippen LogP contribution < -0.4 is 16.0 Å². The van der Waals surface area contributed by atoms with Crippen LogP contribution in [-0.2, 0) is 6.42 Å². The molecular weight excluding hydrogens is 402 g/mol. The highest BCUT2D eigenvalue weighted by molar-refractivity contribution is 5.72. The maximum atomic E-state index is 12.7. The number of rotatable bonds is 5. The van der Waals surface area contributed by atoms with Crippen LogP contribution in [0.3, 0.4) is 0 Å². The molecule has 0 fully saturated rings. The van der Waals surface area contributed by atoms with Crippen LogP contribution in [0.15, 0.2) is 58.2 Å². The van der Waals surface area contributed by atoms with E-state index in [4.69, 9.17) is 4.74 Å². The summed E-state index contributed by atoms with van der Waals surface area (Å²) in [5.74, 6) is 1.35. The minimum absolute atomic E-state index is 0.0623. The number of nitrogens with one attached hydrogen (secondary N) is 2. The smallest absolute Gasteiger partial charge is 0.325 e. The van der Waals surface area contributed by atoms with E-state index in [1.165, 1.54) is 0 Å². The largest absolute Gasteiger partial charge is 0.496 e. The highest BCUT2D eigenvalue weighted by Gasteiger charge is 2.26. The van der Waals surface area contributed by atoms with Gasteiger partial charge >= 0.3 is 5.69 Å². The van der Waals surface area contributed by atoms with Crippen LogP contribution in [0.25, 0.3) is 5.57 Å². The normalized spacial score (nSPS) is 22.3. The lowest BCUT2D eigenvalue weighted by Gasteiger charge is -2.26. The van der Waals surface area contributed by atoms with Crippen molar-refractivity contribution in [3.8, 4) is 11.8 Å². The molecule has 6 heteroatoms. The third-order valence-electron chi connectivity index (χ3n) is 6.57. The summed E-state index contributed by atoms with van der Waals surface area (Å²) in [6, 6.07) is 7.61. The maximum Gasteiger partial charge on any atom is 0.325 e. The average molecular weight is 430 g/mol. The zero-order chi connectivity index (χ0) is 22.7. The Kier molecular flexibility index (Phi) is 6.27. The van der Waals surface area contributed by atoms with Crippen molar-refractivity contribution in [1.82, 2.24) is 9.97 Å². The van der Waals surface area contributed by atoms with E-state index >= 15 is 0 Å². The molecule has 1 heterocycles. The first-order chi connectivity index (χ1) is 15.5. The van der Waals surface area contributed by atoms with Crippen molar-refractivity contribution in [3.63, 3.8) is 0 Å². The maximum absolute atomic E-state index is 12.7. The van der Waals surface area contributed by atoms with Crippen LogP contribution in [0, 0.1) is 23.2 Å². The lowest BCUT2D eigenvalue weighted by Crippen LogP contribution is -2.31. The number of hydrogen-bond donors (Lipinski definition) is 2. The molecule has 6 nitrogen and oxygen atoms in total. The number of benzene rings is 1. The van der Waals surface area contributed by atoms with Crippen LogP contribution in [0.2, 0.25) is 0 Å². The topological polar surface area (TPSA) is 98.7 Å². The fraction of sp³-hybridized carbons (Fsp3) is 0.346. The van der Waals surface area contributed by atoms with E-state index in [-0.39, 0.29) is 17.4 Å². The zero-order valence-corrected chi connectivity index (χ0v) is 18.4. The molecular formula is C26H27N3O3. The van der Waals surface area contributed by atoms with Crippen LogP contribution in [0.1, 0.15) is 54.5 Å². The monoisotopic (exact) mass is 429 g/mol. The summed E-state index contributed by atoms with van der Waals surface area (Å²) in [4.78, 5) is 30.2. The van der Waals surface area contributed by atoms with Crippen molar-refractivity contribution in [2.45, 2.75) is 38.5 Å². The summed E-state index contributed by atoms with van der Waals surface area (Å²) in [6.07, 6.45) is 13.3. The molecule has 2 N–H and O–H groups in total. The number of aromatic amines is 2. The van der Waals surface area contributed by atoms with Crippen LogP contribution in [0.4, 0.5) is 0 Å². The number of methoxy groups -OCH3 is 1. The number of hydrogen-bond acceptors (Lipinski definition) is 4.